The molecule has 0 saturated carbocycles. The molecule has 1 aromatic rings. The molecule has 0 aliphatic carbocycles. The molecule has 0 fully saturated rings. The van der Waals surface area contributed by atoms with Crippen molar-refractivity contribution in [3.8, 4) is 0 Å². The Morgan fingerprint density at radius 2 is 2.17 bits per heavy atom. The first kappa shape index (κ1) is 14.3. The number of hydrogen-bond donors (Lipinski definition) is 1. The highest BCUT2D eigenvalue weighted by Gasteiger charge is 2.17. The van der Waals surface area contributed by atoms with Crippen LogP contribution in [0.2, 0.25) is 0 Å². The summed E-state index contributed by atoms with van der Waals surface area (Å²) in [6.07, 6.45) is 0.730. The van der Waals surface area contributed by atoms with Gasteiger partial charge in [-0.15, -0.1) is 0 Å². The van der Waals surface area contributed by atoms with Crippen molar-refractivity contribution in [2.45, 2.75) is 25.2 Å². The molecule has 0 aliphatic heterocycles. The average molecular weight is 270 g/mol. The molecule has 1 atom stereocenters. The van der Waals surface area contributed by atoms with E-state index in [0.717, 1.165) is 6.42 Å². The van der Waals surface area contributed by atoms with Crippen LogP contribution in [0.3, 0.4) is 0 Å². The van der Waals surface area contributed by atoms with E-state index in [0.29, 0.717) is 10.6 Å². The van der Waals surface area contributed by atoms with Crippen molar-refractivity contribution in [1.29, 1.82) is 0 Å². The first-order chi connectivity index (χ1) is 8.45. The van der Waals surface area contributed by atoms with Gasteiger partial charge in [-0.1, -0.05) is 6.92 Å². The summed E-state index contributed by atoms with van der Waals surface area (Å²) in [4.78, 5) is 21.6. The van der Waals surface area contributed by atoms with E-state index in [2.05, 4.69) is 5.32 Å². The van der Waals surface area contributed by atoms with Crippen molar-refractivity contribution in [2.75, 3.05) is 11.1 Å². The lowest BCUT2D eigenvalue weighted by atomic mass is 10.2. The fraction of sp³-hybridized carbons (Fsp3) is 0.364. The van der Waals surface area contributed by atoms with Crippen LogP contribution in [0, 0.1) is 10.1 Å². The Morgan fingerprint density at radius 1 is 1.50 bits per heavy atom. The summed E-state index contributed by atoms with van der Waals surface area (Å²) in [5.41, 5.74) is -0.128. The van der Waals surface area contributed by atoms with E-state index in [4.69, 9.17) is 0 Å². The molecular weight excluding hydrogens is 256 g/mol. The van der Waals surface area contributed by atoms with E-state index >= 15 is 0 Å². The van der Waals surface area contributed by atoms with Crippen LogP contribution >= 0.6 is 0 Å². The van der Waals surface area contributed by atoms with Crippen LogP contribution in [0.25, 0.3) is 0 Å². The normalized spacial score (nSPS) is 11.9. The van der Waals surface area contributed by atoms with Crippen molar-refractivity contribution in [1.82, 2.24) is 0 Å². The molecule has 18 heavy (non-hydrogen) atoms. The highest BCUT2D eigenvalue weighted by atomic mass is 32.2. The van der Waals surface area contributed by atoms with Gasteiger partial charge in [0.05, 0.1) is 15.7 Å². The van der Waals surface area contributed by atoms with Crippen molar-refractivity contribution in [3.63, 3.8) is 0 Å². The summed E-state index contributed by atoms with van der Waals surface area (Å²) in [6, 6.07) is 4.18. The third kappa shape index (κ3) is 3.63. The number of rotatable bonds is 5. The Hall–Kier alpha value is -1.76. The quantitative estimate of drug-likeness (QED) is 0.655. The molecule has 1 aromatic carbocycles. The zero-order chi connectivity index (χ0) is 13.7. The second kappa shape index (κ2) is 6.25. The predicted molar refractivity (Wildman–Crippen MR) is 69.0 cm³/mol. The SMILES string of the molecule is CCCS(=O)c1ccc(NC(C)=O)c([N+](=O)[O-])c1. The number of anilines is 1. The average Bonchev–Trinajstić information content (AvgIpc) is 2.28. The smallest absolute Gasteiger partial charge is 0.293 e. The molecule has 0 aromatic heterocycles. The van der Waals surface area contributed by atoms with Crippen LogP contribution < -0.4 is 5.32 Å². The number of hydrogen-bond acceptors (Lipinski definition) is 4. The summed E-state index contributed by atoms with van der Waals surface area (Å²) in [5.74, 6) is 0.0666. The summed E-state index contributed by atoms with van der Waals surface area (Å²) < 4.78 is 11.8. The highest BCUT2D eigenvalue weighted by molar-refractivity contribution is 7.85. The van der Waals surface area contributed by atoms with Crippen LogP contribution in [0.15, 0.2) is 23.1 Å². The molecule has 0 bridgehead atoms. The maximum absolute atomic E-state index is 11.8. The number of nitrogens with one attached hydrogen (secondary N) is 1. The molecule has 1 amide bonds. The standard InChI is InChI=1S/C11H14N2O4S/c1-3-6-18(17)9-4-5-10(12-8(2)14)11(7-9)13(15)16/h4-5,7H,3,6H2,1-2H3,(H,12,14). The Balaban J connectivity index is 3.14. The van der Waals surface area contributed by atoms with Gasteiger partial charge in [0.2, 0.25) is 5.91 Å². The minimum absolute atomic E-state index is 0.116. The minimum Gasteiger partial charge on any atom is -0.321 e. The first-order valence-electron chi connectivity index (χ1n) is 5.40. The lowest BCUT2D eigenvalue weighted by Gasteiger charge is -2.05. The van der Waals surface area contributed by atoms with E-state index < -0.39 is 15.7 Å². The van der Waals surface area contributed by atoms with Crippen molar-refractivity contribution < 1.29 is 13.9 Å². The number of benzene rings is 1. The van der Waals surface area contributed by atoms with Gasteiger partial charge >= 0.3 is 0 Å². The van der Waals surface area contributed by atoms with Gasteiger partial charge in [-0.25, -0.2) is 0 Å². The summed E-state index contributed by atoms with van der Waals surface area (Å²) >= 11 is 0. The summed E-state index contributed by atoms with van der Waals surface area (Å²) in [6.45, 7) is 3.16. The third-order valence-electron chi connectivity index (χ3n) is 2.13. The topological polar surface area (TPSA) is 89.3 Å². The van der Waals surface area contributed by atoms with E-state index in [1.807, 2.05) is 6.92 Å². The second-order valence-electron chi connectivity index (χ2n) is 3.67. The Kier molecular flexibility index (Phi) is 4.96. The number of carbonyl (C=O) groups excluding carboxylic acids is 1. The molecule has 0 aliphatic rings. The van der Waals surface area contributed by atoms with Crippen molar-refractivity contribution in [2.24, 2.45) is 0 Å². The number of nitro groups is 1. The van der Waals surface area contributed by atoms with Crippen molar-refractivity contribution in [3.05, 3.63) is 28.3 Å². The zero-order valence-electron chi connectivity index (χ0n) is 10.1. The number of carbonyl (C=O) groups is 1. The predicted octanol–water partition coefficient (Wildman–Crippen LogP) is 2.07. The van der Waals surface area contributed by atoms with E-state index in [9.17, 15) is 19.1 Å². The van der Waals surface area contributed by atoms with Gasteiger partial charge < -0.3 is 5.32 Å². The lowest BCUT2D eigenvalue weighted by Crippen LogP contribution is -2.08. The second-order valence-corrected chi connectivity index (χ2v) is 5.24. The zero-order valence-corrected chi connectivity index (χ0v) is 11.0. The molecule has 7 heteroatoms. The van der Waals surface area contributed by atoms with Gasteiger partial charge in [0.1, 0.15) is 5.69 Å². The summed E-state index contributed by atoms with van der Waals surface area (Å²) in [5, 5.41) is 13.3. The summed E-state index contributed by atoms with van der Waals surface area (Å²) in [7, 11) is -1.25. The maximum Gasteiger partial charge on any atom is 0.293 e. The molecule has 6 nitrogen and oxygen atoms in total. The van der Waals surface area contributed by atoms with Crippen LogP contribution in [0.5, 0.6) is 0 Å². The molecule has 0 saturated heterocycles. The molecule has 1 unspecified atom stereocenters. The van der Waals surface area contributed by atoms with Gasteiger partial charge in [-0.3, -0.25) is 19.1 Å². The fourth-order valence-electron chi connectivity index (χ4n) is 1.40. The molecule has 1 N–H and O–H groups in total. The molecule has 1 rings (SSSR count). The minimum atomic E-state index is -1.25. The fourth-order valence-corrected chi connectivity index (χ4v) is 2.47. The molecule has 98 valence electrons. The maximum atomic E-state index is 11.8. The molecular formula is C11H14N2O4S. The van der Waals surface area contributed by atoms with Crippen LogP contribution in [0.4, 0.5) is 11.4 Å². The number of nitro benzene ring substituents is 1. The van der Waals surface area contributed by atoms with Crippen LogP contribution in [-0.2, 0) is 15.6 Å². The van der Waals surface area contributed by atoms with Gasteiger partial charge in [-0.2, -0.15) is 0 Å². The van der Waals surface area contributed by atoms with E-state index in [1.165, 1.54) is 25.1 Å². The Labute approximate surface area is 107 Å². The van der Waals surface area contributed by atoms with Crippen molar-refractivity contribution >= 4 is 28.1 Å². The number of nitrogens with zero attached hydrogens (tertiary/aromatic N) is 1. The van der Waals surface area contributed by atoms with Gasteiger partial charge in [-0.05, 0) is 18.6 Å². The van der Waals surface area contributed by atoms with E-state index in [1.54, 1.807) is 0 Å². The Bertz CT molecular complexity index is 502. The molecule has 0 radical (unpaired) electrons. The van der Waals surface area contributed by atoms with Gasteiger partial charge in [0.15, 0.2) is 0 Å². The molecule has 0 spiro atoms. The molecule has 0 heterocycles. The highest BCUT2D eigenvalue weighted by Crippen LogP contribution is 2.27. The van der Waals surface area contributed by atoms with Crippen LogP contribution in [-0.4, -0.2) is 20.8 Å². The lowest BCUT2D eigenvalue weighted by molar-refractivity contribution is -0.384. The third-order valence-corrected chi connectivity index (χ3v) is 3.69. The van der Waals surface area contributed by atoms with Crippen LogP contribution in [0.1, 0.15) is 20.3 Å². The largest absolute Gasteiger partial charge is 0.321 e. The number of amides is 1. The monoisotopic (exact) mass is 270 g/mol. The van der Waals surface area contributed by atoms with Gasteiger partial charge in [0.25, 0.3) is 5.69 Å². The Morgan fingerprint density at radius 3 is 2.67 bits per heavy atom. The van der Waals surface area contributed by atoms with Gasteiger partial charge in [0, 0.05) is 23.6 Å². The van der Waals surface area contributed by atoms with E-state index in [-0.39, 0.29) is 17.3 Å². The first-order valence-corrected chi connectivity index (χ1v) is 6.72.